The van der Waals surface area contributed by atoms with Gasteiger partial charge < -0.3 is 25.0 Å². The number of likely N-dealkylation sites (N-methyl/N-ethyl adjacent to an activating group) is 1. The first-order valence-corrected chi connectivity index (χ1v) is 7.22. The fourth-order valence-electron chi connectivity index (χ4n) is 1.96. The standard InChI is InChI=1S/C15H21N3O4/c1-18-8-6-16-14(19)10-21-12-4-2-3-5-13(12)22-11-15(20)17-7-9-18/h2-5H,6-11H2,1H3,(H,16,19)(H,17,20). The van der Waals surface area contributed by atoms with Crippen LogP contribution in [0.3, 0.4) is 0 Å². The molecule has 1 aliphatic heterocycles. The van der Waals surface area contributed by atoms with Crippen molar-refractivity contribution in [1.82, 2.24) is 15.5 Å². The van der Waals surface area contributed by atoms with Crippen molar-refractivity contribution in [2.75, 3.05) is 46.4 Å². The molecule has 0 aromatic heterocycles. The molecule has 0 unspecified atom stereocenters. The number of fused-ring (bicyclic) bond motifs is 1. The van der Waals surface area contributed by atoms with Gasteiger partial charge in [0.1, 0.15) is 0 Å². The van der Waals surface area contributed by atoms with Crippen molar-refractivity contribution in [3.05, 3.63) is 24.3 Å². The highest BCUT2D eigenvalue weighted by atomic mass is 16.5. The van der Waals surface area contributed by atoms with E-state index in [0.29, 0.717) is 37.7 Å². The average molecular weight is 307 g/mol. The van der Waals surface area contributed by atoms with Gasteiger partial charge in [0.25, 0.3) is 11.8 Å². The van der Waals surface area contributed by atoms with Crippen molar-refractivity contribution in [2.45, 2.75) is 0 Å². The fourth-order valence-corrected chi connectivity index (χ4v) is 1.96. The van der Waals surface area contributed by atoms with E-state index in [4.69, 9.17) is 9.47 Å². The Hall–Kier alpha value is -2.28. The van der Waals surface area contributed by atoms with Crippen molar-refractivity contribution in [3.63, 3.8) is 0 Å². The van der Waals surface area contributed by atoms with E-state index in [0.717, 1.165) is 0 Å². The number of nitrogens with one attached hydrogen (secondary N) is 2. The summed E-state index contributed by atoms with van der Waals surface area (Å²) < 4.78 is 10.9. The van der Waals surface area contributed by atoms with Crippen LogP contribution in [0.25, 0.3) is 0 Å². The Morgan fingerprint density at radius 1 is 0.909 bits per heavy atom. The molecule has 1 aliphatic rings. The third-order valence-electron chi connectivity index (χ3n) is 3.20. The second-order valence-electron chi connectivity index (χ2n) is 5.03. The number of para-hydroxylation sites is 2. The molecule has 1 heterocycles. The molecule has 2 N–H and O–H groups in total. The molecule has 7 heteroatoms. The predicted molar refractivity (Wildman–Crippen MR) is 80.9 cm³/mol. The number of carbonyl (C=O) groups is 2. The zero-order chi connectivity index (χ0) is 15.8. The highest BCUT2D eigenvalue weighted by Gasteiger charge is 2.11. The molecule has 0 bridgehead atoms. The van der Waals surface area contributed by atoms with E-state index in [2.05, 4.69) is 10.6 Å². The molecule has 0 aliphatic carbocycles. The van der Waals surface area contributed by atoms with Gasteiger partial charge in [0.05, 0.1) is 0 Å². The lowest BCUT2D eigenvalue weighted by Gasteiger charge is -2.16. The third kappa shape index (κ3) is 5.25. The van der Waals surface area contributed by atoms with Crippen LogP contribution in [0.1, 0.15) is 0 Å². The van der Waals surface area contributed by atoms with Crippen LogP contribution >= 0.6 is 0 Å². The molecular weight excluding hydrogens is 286 g/mol. The molecule has 2 amide bonds. The van der Waals surface area contributed by atoms with Gasteiger partial charge in [-0.1, -0.05) is 12.1 Å². The summed E-state index contributed by atoms with van der Waals surface area (Å²) in [6, 6.07) is 6.96. The Morgan fingerprint density at radius 2 is 1.36 bits per heavy atom. The zero-order valence-corrected chi connectivity index (χ0v) is 12.6. The smallest absolute Gasteiger partial charge is 0.257 e. The van der Waals surface area contributed by atoms with Gasteiger partial charge in [-0.05, 0) is 19.2 Å². The van der Waals surface area contributed by atoms with Gasteiger partial charge in [-0.15, -0.1) is 0 Å². The van der Waals surface area contributed by atoms with Crippen LogP contribution in [0.15, 0.2) is 24.3 Å². The molecule has 0 fully saturated rings. The van der Waals surface area contributed by atoms with Crippen molar-refractivity contribution in [2.24, 2.45) is 0 Å². The fraction of sp³-hybridized carbons (Fsp3) is 0.467. The molecule has 1 aromatic rings. The van der Waals surface area contributed by atoms with Crippen LogP contribution in [0.5, 0.6) is 11.5 Å². The number of amides is 2. The maximum absolute atomic E-state index is 11.7. The summed E-state index contributed by atoms with van der Waals surface area (Å²) in [7, 11) is 1.93. The number of hydrogen-bond acceptors (Lipinski definition) is 5. The number of ether oxygens (including phenoxy) is 2. The minimum Gasteiger partial charge on any atom is -0.480 e. The number of hydrogen-bond donors (Lipinski definition) is 2. The van der Waals surface area contributed by atoms with Gasteiger partial charge in [0.15, 0.2) is 24.7 Å². The van der Waals surface area contributed by atoms with Gasteiger partial charge >= 0.3 is 0 Å². The summed E-state index contributed by atoms with van der Waals surface area (Å²) in [5.41, 5.74) is 0. The van der Waals surface area contributed by atoms with E-state index in [-0.39, 0.29) is 25.0 Å². The molecule has 22 heavy (non-hydrogen) atoms. The van der Waals surface area contributed by atoms with Crippen molar-refractivity contribution in [1.29, 1.82) is 0 Å². The lowest BCUT2D eigenvalue weighted by atomic mass is 10.3. The molecule has 1 aromatic carbocycles. The second kappa shape index (κ2) is 8.23. The van der Waals surface area contributed by atoms with E-state index in [1.54, 1.807) is 24.3 Å². The number of nitrogens with zero attached hydrogens (tertiary/aromatic N) is 1. The Bertz CT molecular complexity index is 476. The van der Waals surface area contributed by atoms with Gasteiger partial charge in [0.2, 0.25) is 0 Å². The van der Waals surface area contributed by atoms with Crippen LogP contribution in [-0.2, 0) is 9.59 Å². The molecule has 7 nitrogen and oxygen atoms in total. The van der Waals surface area contributed by atoms with Crippen LogP contribution in [0, 0.1) is 0 Å². The quantitative estimate of drug-likeness (QED) is 0.683. The van der Waals surface area contributed by atoms with Crippen LogP contribution in [0.2, 0.25) is 0 Å². The SMILES string of the molecule is CN1CCNC(=O)COc2ccccc2OCC(=O)NCC1. The molecule has 0 radical (unpaired) electrons. The van der Waals surface area contributed by atoms with E-state index in [1.807, 2.05) is 11.9 Å². The number of rotatable bonds is 0. The highest BCUT2D eigenvalue weighted by molar-refractivity contribution is 5.78. The normalized spacial score (nSPS) is 18.6. The van der Waals surface area contributed by atoms with E-state index in [1.165, 1.54) is 0 Å². The highest BCUT2D eigenvalue weighted by Crippen LogP contribution is 2.26. The molecule has 0 saturated heterocycles. The summed E-state index contributed by atoms with van der Waals surface area (Å²) in [4.78, 5) is 25.5. The molecule has 0 spiro atoms. The summed E-state index contributed by atoms with van der Waals surface area (Å²) in [5.74, 6) is 0.509. The van der Waals surface area contributed by atoms with Gasteiger partial charge in [-0.3, -0.25) is 9.59 Å². The zero-order valence-electron chi connectivity index (χ0n) is 12.6. The maximum atomic E-state index is 11.7. The summed E-state index contributed by atoms with van der Waals surface area (Å²) in [6.45, 7) is 2.30. The van der Waals surface area contributed by atoms with Crippen molar-refractivity contribution in [3.8, 4) is 11.5 Å². The first-order valence-electron chi connectivity index (χ1n) is 7.22. The van der Waals surface area contributed by atoms with E-state index in [9.17, 15) is 9.59 Å². The first-order chi connectivity index (χ1) is 10.6. The van der Waals surface area contributed by atoms with E-state index < -0.39 is 0 Å². The van der Waals surface area contributed by atoms with Gasteiger partial charge in [0, 0.05) is 26.2 Å². The topological polar surface area (TPSA) is 79.9 Å². The Kier molecular flexibility index (Phi) is 6.02. The predicted octanol–water partition coefficient (Wildman–Crippen LogP) is -0.378. The first kappa shape index (κ1) is 16.1. The monoisotopic (exact) mass is 307 g/mol. The number of carbonyl (C=O) groups excluding carboxylic acids is 2. The maximum Gasteiger partial charge on any atom is 0.257 e. The lowest BCUT2D eigenvalue weighted by molar-refractivity contribution is -0.124. The lowest BCUT2D eigenvalue weighted by Crippen LogP contribution is -2.39. The van der Waals surface area contributed by atoms with Crippen molar-refractivity contribution < 1.29 is 19.1 Å². The summed E-state index contributed by atoms with van der Waals surface area (Å²) in [5, 5.41) is 5.58. The average Bonchev–Trinajstić information content (AvgIpc) is 2.51. The Labute approximate surface area is 129 Å². The Morgan fingerprint density at radius 3 is 1.82 bits per heavy atom. The van der Waals surface area contributed by atoms with Gasteiger partial charge in [-0.25, -0.2) is 0 Å². The number of benzene rings is 1. The van der Waals surface area contributed by atoms with Crippen LogP contribution in [0.4, 0.5) is 0 Å². The summed E-state index contributed by atoms with van der Waals surface area (Å²) in [6.07, 6.45) is 0. The van der Waals surface area contributed by atoms with Gasteiger partial charge in [-0.2, -0.15) is 0 Å². The van der Waals surface area contributed by atoms with E-state index >= 15 is 0 Å². The largest absolute Gasteiger partial charge is 0.480 e. The molecule has 120 valence electrons. The minimum atomic E-state index is -0.188. The molecule has 0 atom stereocenters. The van der Waals surface area contributed by atoms with Crippen molar-refractivity contribution >= 4 is 11.8 Å². The molecule has 0 saturated carbocycles. The summed E-state index contributed by atoms with van der Waals surface area (Å²) >= 11 is 0. The minimum absolute atomic E-state index is 0.0870. The van der Waals surface area contributed by atoms with Crippen LogP contribution in [-0.4, -0.2) is 63.2 Å². The second-order valence-corrected chi connectivity index (χ2v) is 5.03. The Balaban J connectivity index is 2.03. The van der Waals surface area contributed by atoms with Crippen LogP contribution < -0.4 is 20.1 Å². The molecular formula is C15H21N3O4. The molecule has 2 rings (SSSR count). The third-order valence-corrected chi connectivity index (χ3v) is 3.20.